The van der Waals surface area contributed by atoms with Gasteiger partial charge in [-0.05, 0) is 25.5 Å². The lowest BCUT2D eigenvalue weighted by atomic mass is 10.1. The standard InChI is InChI=1S/C10H13FO/c1-8-3-4-10(9(2)7-8)12-6-5-11/h3-4,7H,5-6H2,1-2H3. The molecule has 66 valence electrons. The summed E-state index contributed by atoms with van der Waals surface area (Å²) < 4.78 is 16.9. The van der Waals surface area contributed by atoms with Gasteiger partial charge < -0.3 is 4.74 Å². The van der Waals surface area contributed by atoms with E-state index in [0.717, 1.165) is 11.3 Å². The molecule has 1 aromatic rings. The van der Waals surface area contributed by atoms with Gasteiger partial charge in [-0.15, -0.1) is 0 Å². The van der Waals surface area contributed by atoms with Crippen LogP contribution in [0.25, 0.3) is 0 Å². The summed E-state index contributed by atoms with van der Waals surface area (Å²) in [7, 11) is 0. The Balaban J connectivity index is 2.72. The molecule has 2 heteroatoms. The molecule has 1 rings (SSSR count). The quantitative estimate of drug-likeness (QED) is 0.674. The maximum atomic E-state index is 11.8. The summed E-state index contributed by atoms with van der Waals surface area (Å²) in [5.41, 5.74) is 2.25. The van der Waals surface area contributed by atoms with Gasteiger partial charge in [0.25, 0.3) is 0 Å². The number of halogens is 1. The van der Waals surface area contributed by atoms with E-state index in [-0.39, 0.29) is 6.61 Å². The second-order valence-corrected chi connectivity index (χ2v) is 2.81. The first-order chi connectivity index (χ1) is 5.74. The van der Waals surface area contributed by atoms with Crippen molar-refractivity contribution >= 4 is 0 Å². The lowest BCUT2D eigenvalue weighted by molar-refractivity contribution is 0.272. The largest absolute Gasteiger partial charge is 0.491 e. The molecule has 0 aromatic heterocycles. The summed E-state index contributed by atoms with van der Waals surface area (Å²) in [5, 5.41) is 0. The van der Waals surface area contributed by atoms with E-state index in [2.05, 4.69) is 0 Å². The number of aryl methyl sites for hydroxylation is 2. The van der Waals surface area contributed by atoms with Crippen LogP contribution in [0.1, 0.15) is 11.1 Å². The first-order valence-corrected chi connectivity index (χ1v) is 4.00. The third-order valence-electron chi connectivity index (χ3n) is 1.67. The van der Waals surface area contributed by atoms with E-state index in [4.69, 9.17) is 4.74 Å². The van der Waals surface area contributed by atoms with Gasteiger partial charge in [0, 0.05) is 0 Å². The molecule has 0 radical (unpaired) electrons. The molecule has 0 spiro atoms. The van der Waals surface area contributed by atoms with Crippen LogP contribution in [0.3, 0.4) is 0 Å². The van der Waals surface area contributed by atoms with Gasteiger partial charge in [-0.2, -0.15) is 0 Å². The minimum atomic E-state index is -0.437. The van der Waals surface area contributed by atoms with Gasteiger partial charge in [0.1, 0.15) is 19.0 Å². The molecule has 0 aliphatic carbocycles. The van der Waals surface area contributed by atoms with Crippen molar-refractivity contribution in [1.29, 1.82) is 0 Å². The van der Waals surface area contributed by atoms with Crippen molar-refractivity contribution in [3.63, 3.8) is 0 Å². The zero-order valence-corrected chi connectivity index (χ0v) is 7.43. The molecule has 0 saturated carbocycles. The molecule has 0 bridgehead atoms. The summed E-state index contributed by atoms with van der Waals surface area (Å²) in [4.78, 5) is 0. The van der Waals surface area contributed by atoms with Crippen LogP contribution < -0.4 is 4.74 Å². The van der Waals surface area contributed by atoms with Crippen molar-refractivity contribution in [1.82, 2.24) is 0 Å². The molecule has 0 aliphatic rings. The second kappa shape index (κ2) is 4.10. The van der Waals surface area contributed by atoms with E-state index in [0.29, 0.717) is 0 Å². The van der Waals surface area contributed by atoms with Gasteiger partial charge in [0.05, 0.1) is 0 Å². The van der Waals surface area contributed by atoms with Crippen LogP contribution in [0, 0.1) is 13.8 Å². The fourth-order valence-electron chi connectivity index (χ4n) is 1.11. The van der Waals surface area contributed by atoms with E-state index in [9.17, 15) is 4.39 Å². The number of hydrogen-bond donors (Lipinski definition) is 0. The highest BCUT2D eigenvalue weighted by Gasteiger charge is 1.97. The van der Waals surface area contributed by atoms with Crippen molar-refractivity contribution in [2.24, 2.45) is 0 Å². The van der Waals surface area contributed by atoms with Crippen molar-refractivity contribution in [2.45, 2.75) is 13.8 Å². The Bertz CT molecular complexity index is 258. The Morgan fingerprint density at radius 1 is 1.33 bits per heavy atom. The molecular formula is C10H13FO. The topological polar surface area (TPSA) is 9.23 Å². The highest BCUT2D eigenvalue weighted by atomic mass is 19.1. The highest BCUT2D eigenvalue weighted by molar-refractivity contribution is 5.35. The molecule has 0 saturated heterocycles. The van der Waals surface area contributed by atoms with Gasteiger partial charge in [0.15, 0.2) is 0 Å². The second-order valence-electron chi connectivity index (χ2n) is 2.81. The van der Waals surface area contributed by atoms with Gasteiger partial charge in [0.2, 0.25) is 0 Å². The van der Waals surface area contributed by atoms with Crippen molar-refractivity contribution in [3.8, 4) is 5.75 Å². The summed E-state index contributed by atoms with van der Waals surface area (Å²) in [6, 6.07) is 5.86. The van der Waals surface area contributed by atoms with Gasteiger partial charge >= 0.3 is 0 Å². The fraction of sp³-hybridized carbons (Fsp3) is 0.400. The molecule has 12 heavy (non-hydrogen) atoms. The lowest BCUT2D eigenvalue weighted by Gasteiger charge is -2.07. The molecule has 1 aromatic carbocycles. The molecular weight excluding hydrogens is 155 g/mol. The Hall–Kier alpha value is -1.05. The predicted molar refractivity (Wildman–Crippen MR) is 47.4 cm³/mol. The first-order valence-electron chi connectivity index (χ1n) is 4.00. The maximum absolute atomic E-state index is 11.8. The summed E-state index contributed by atoms with van der Waals surface area (Å²) >= 11 is 0. The normalized spacial score (nSPS) is 9.92. The first kappa shape index (κ1) is 9.04. The summed E-state index contributed by atoms with van der Waals surface area (Å²) in [6.07, 6.45) is 0. The Morgan fingerprint density at radius 2 is 2.08 bits per heavy atom. The molecule has 0 amide bonds. The third kappa shape index (κ3) is 2.22. The molecule has 0 atom stereocenters. The number of hydrogen-bond acceptors (Lipinski definition) is 1. The third-order valence-corrected chi connectivity index (χ3v) is 1.67. The van der Waals surface area contributed by atoms with E-state index in [1.54, 1.807) is 0 Å². The number of ether oxygens (including phenoxy) is 1. The molecule has 0 aliphatic heterocycles. The van der Waals surface area contributed by atoms with Gasteiger partial charge in [-0.25, -0.2) is 4.39 Å². The van der Waals surface area contributed by atoms with Crippen molar-refractivity contribution in [2.75, 3.05) is 13.3 Å². The zero-order chi connectivity index (χ0) is 8.97. The van der Waals surface area contributed by atoms with Gasteiger partial charge in [-0.1, -0.05) is 17.7 Å². The van der Waals surface area contributed by atoms with E-state index in [1.165, 1.54) is 5.56 Å². The zero-order valence-electron chi connectivity index (χ0n) is 7.43. The van der Waals surface area contributed by atoms with Crippen LogP contribution in [0.4, 0.5) is 4.39 Å². The molecule has 0 N–H and O–H groups in total. The van der Waals surface area contributed by atoms with E-state index >= 15 is 0 Å². The predicted octanol–water partition coefficient (Wildman–Crippen LogP) is 2.65. The Morgan fingerprint density at radius 3 is 2.67 bits per heavy atom. The van der Waals surface area contributed by atoms with Crippen LogP contribution in [-0.2, 0) is 0 Å². The average Bonchev–Trinajstić information content (AvgIpc) is 2.03. The van der Waals surface area contributed by atoms with Crippen LogP contribution in [0.5, 0.6) is 5.75 Å². The summed E-state index contributed by atoms with van der Waals surface area (Å²) in [6.45, 7) is 3.68. The number of rotatable bonds is 3. The smallest absolute Gasteiger partial charge is 0.123 e. The summed E-state index contributed by atoms with van der Waals surface area (Å²) in [5.74, 6) is 0.776. The number of alkyl halides is 1. The van der Waals surface area contributed by atoms with Crippen LogP contribution in [0.2, 0.25) is 0 Å². The van der Waals surface area contributed by atoms with Crippen LogP contribution in [0.15, 0.2) is 18.2 Å². The fourth-order valence-corrected chi connectivity index (χ4v) is 1.11. The monoisotopic (exact) mass is 168 g/mol. The Labute approximate surface area is 72.2 Å². The number of benzene rings is 1. The molecule has 1 nitrogen and oxygen atoms in total. The van der Waals surface area contributed by atoms with E-state index < -0.39 is 6.67 Å². The SMILES string of the molecule is Cc1ccc(OCCF)c(C)c1. The lowest BCUT2D eigenvalue weighted by Crippen LogP contribution is -1.99. The van der Waals surface area contributed by atoms with E-state index in [1.807, 2.05) is 32.0 Å². The van der Waals surface area contributed by atoms with Crippen LogP contribution in [-0.4, -0.2) is 13.3 Å². The minimum Gasteiger partial charge on any atom is -0.491 e. The maximum Gasteiger partial charge on any atom is 0.123 e. The minimum absolute atomic E-state index is 0.143. The molecule has 0 unspecified atom stereocenters. The Kier molecular flexibility index (Phi) is 3.09. The molecule has 0 heterocycles. The van der Waals surface area contributed by atoms with Crippen LogP contribution >= 0.6 is 0 Å². The highest BCUT2D eigenvalue weighted by Crippen LogP contribution is 2.18. The van der Waals surface area contributed by atoms with Crippen molar-refractivity contribution in [3.05, 3.63) is 29.3 Å². The van der Waals surface area contributed by atoms with Gasteiger partial charge in [-0.3, -0.25) is 0 Å². The van der Waals surface area contributed by atoms with Crippen molar-refractivity contribution < 1.29 is 9.13 Å². The molecule has 0 fully saturated rings. The average molecular weight is 168 g/mol.